The highest BCUT2D eigenvalue weighted by molar-refractivity contribution is 5.64. The average Bonchev–Trinajstić information content (AvgIpc) is 2.10. The van der Waals surface area contributed by atoms with E-state index in [4.69, 9.17) is 0 Å². The van der Waals surface area contributed by atoms with E-state index in [1.807, 2.05) is 12.2 Å². The molecule has 0 radical (unpaired) electrons. The van der Waals surface area contributed by atoms with Gasteiger partial charge in [-0.2, -0.15) is 0 Å². The van der Waals surface area contributed by atoms with E-state index >= 15 is 0 Å². The lowest BCUT2D eigenvalue weighted by Gasteiger charge is -1.95. The Kier molecular flexibility index (Phi) is 9.43. The van der Waals surface area contributed by atoms with Crippen LogP contribution in [-0.2, 0) is 4.79 Å². The van der Waals surface area contributed by atoms with Gasteiger partial charge >= 0.3 is 0 Å². The zero-order chi connectivity index (χ0) is 9.07. The van der Waals surface area contributed by atoms with Gasteiger partial charge in [-0.3, -0.25) is 4.79 Å². The van der Waals surface area contributed by atoms with E-state index in [9.17, 15) is 4.79 Å². The number of aldehydes is 1. The molecule has 0 saturated carbocycles. The summed E-state index contributed by atoms with van der Waals surface area (Å²) in [5, 5.41) is 0. The van der Waals surface area contributed by atoms with Crippen LogP contribution in [-0.4, -0.2) is 6.29 Å². The fourth-order valence-corrected chi connectivity index (χ4v) is 1.06. The molecular formula is C11H18O. The highest BCUT2D eigenvalue weighted by Crippen LogP contribution is 2.05. The Bertz CT molecular complexity index is 136. The number of unbranched alkanes of at least 4 members (excludes halogenated alkanes) is 5. The third-order valence-electron chi connectivity index (χ3n) is 1.74. The van der Waals surface area contributed by atoms with E-state index in [2.05, 4.69) is 6.58 Å². The van der Waals surface area contributed by atoms with Crippen LogP contribution in [0.5, 0.6) is 0 Å². The summed E-state index contributed by atoms with van der Waals surface area (Å²) in [6, 6.07) is 0. The summed E-state index contributed by atoms with van der Waals surface area (Å²) in [4.78, 5) is 9.88. The van der Waals surface area contributed by atoms with Gasteiger partial charge in [0, 0.05) is 0 Å². The van der Waals surface area contributed by atoms with Crippen molar-refractivity contribution in [3.05, 3.63) is 24.8 Å². The lowest BCUT2D eigenvalue weighted by atomic mass is 10.1. The van der Waals surface area contributed by atoms with Crippen LogP contribution >= 0.6 is 0 Å². The Balaban J connectivity index is 2.95. The Labute approximate surface area is 75.2 Å². The second-order valence-corrected chi connectivity index (χ2v) is 2.84. The molecule has 68 valence electrons. The molecule has 0 amide bonds. The molecule has 0 fully saturated rings. The maximum Gasteiger partial charge on any atom is 0.142 e. The van der Waals surface area contributed by atoms with Gasteiger partial charge in [-0.1, -0.05) is 25.0 Å². The summed E-state index contributed by atoms with van der Waals surface area (Å²) in [7, 11) is 0. The van der Waals surface area contributed by atoms with Crippen LogP contribution in [0.2, 0.25) is 0 Å². The van der Waals surface area contributed by atoms with Gasteiger partial charge in [0.1, 0.15) is 6.29 Å². The fraction of sp³-hybridized carbons (Fsp3) is 0.545. The van der Waals surface area contributed by atoms with Crippen molar-refractivity contribution in [3.63, 3.8) is 0 Å². The molecule has 0 aliphatic heterocycles. The summed E-state index contributed by atoms with van der Waals surface area (Å²) in [5.41, 5.74) is 0. The van der Waals surface area contributed by atoms with Crippen LogP contribution in [0, 0.1) is 0 Å². The van der Waals surface area contributed by atoms with Crippen LogP contribution in [0.4, 0.5) is 0 Å². The minimum absolute atomic E-state index is 0.831. The molecule has 0 aliphatic carbocycles. The molecular weight excluding hydrogens is 148 g/mol. The molecule has 0 aliphatic rings. The van der Waals surface area contributed by atoms with Crippen molar-refractivity contribution in [2.75, 3.05) is 0 Å². The zero-order valence-corrected chi connectivity index (χ0v) is 7.67. The standard InChI is InChI=1S/C11H18O/c1-2-3-4-5-6-7-8-9-10-11-12/h2,9-11H,1,3-8H2/b10-9+. The predicted molar refractivity (Wildman–Crippen MR) is 53.1 cm³/mol. The molecule has 0 bridgehead atoms. The normalized spacial score (nSPS) is 10.3. The summed E-state index contributed by atoms with van der Waals surface area (Å²) in [6.07, 6.45) is 13.5. The number of hydrogen-bond donors (Lipinski definition) is 0. The van der Waals surface area contributed by atoms with E-state index in [0.717, 1.165) is 19.1 Å². The molecule has 0 saturated heterocycles. The minimum atomic E-state index is 0.831. The maximum atomic E-state index is 9.88. The van der Waals surface area contributed by atoms with Crippen LogP contribution < -0.4 is 0 Å². The third kappa shape index (κ3) is 9.15. The Morgan fingerprint density at radius 1 is 1.00 bits per heavy atom. The lowest BCUT2D eigenvalue weighted by molar-refractivity contribution is -0.104. The van der Waals surface area contributed by atoms with E-state index in [1.54, 1.807) is 6.08 Å². The second-order valence-electron chi connectivity index (χ2n) is 2.84. The smallest absolute Gasteiger partial charge is 0.142 e. The molecule has 0 spiro atoms. The summed E-state index contributed by atoms with van der Waals surface area (Å²) >= 11 is 0. The lowest BCUT2D eigenvalue weighted by Crippen LogP contribution is -1.76. The number of carbonyl (C=O) groups is 1. The van der Waals surface area contributed by atoms with Crippen LogP contribution in [0.15, 0.2) is 24.8 Å². The predicted octanol–water partition coefficient (Wildman–Crippen LogP) is 3.27. The first-order valence-corrected chi connectivity index (χ1v) is 4.63. The van der Waals surface area contributed by atoms with E-state index in [1.165, 1.54) is 25.7 Å². The van der Waals surface area contributed by atoms with Crippen molar-refractivity contribution >= 4 is 6.29 Å². The highest BCUT2D eigenvalue weighted by atomic mass is 16.1. The highest BCUT2D eigenvalue weighted by Gasteiger charge is 1.86. The number of allylic oxidation sites excluding steroid dienone is 3. The van der Waals surface area contributed by atoms with Crippen molar-refractivity contribution in [1.82, 2.24) is 0 Å². The minimum Gasteiger partial charge on any atom is -0.299 e. The molecule has 1 heteroatoms. The zero-order valence-electron chi connectivity index (χ0n) is 7.67. The Morgan fingerprint density at radius 3 is 2.25 bits per heavy atom. The van der Waals surface area contributed by atoms with Gasteiger partial charge in [0.15, 0.2) is 0 Å². The average molecular weight is 166 g/mol. The van der Waals surface area contributed by atoms with Crippen molar-refractivity contribution in [3.8, 4) is 0 Å². The van der Waals surface area contributed by atoms with Crippen LogP contribution in [0.1, 0.15) is 38.5 Å². The van der Waals surface area contributed by atoms with Crippen LogP contribution in [0.25, 0.3) is 0 Å². The van der Waals surface area contributed by atoms with Gasteiger partial charge in [-0.05, 0) is 31.8 Å². The maximum absolute atomic E-state index is 9.88. The first kappa shape index (κ1) is 11.2. The molecule has 12 heavy (non-hydrogen) atoms. The van der Waals surface area contributed by atoms with Gasteiger partial charge in [0.05, 0.1) is 0 Å². The first-order chi connectivity index (χ1) is 5.91. The molecule has 1 nitrogen and oxygen atoms in total. The molecule has 0 atom stereocenters. The summed E-state index contributed by atoms with van der Waals surface area (Å²) in [5.74, 6) is 0. The quantitative estimate of drug-likeness (QED) is 0.234. The number of rotatable bonds is 8. The first-order valence-electron chi connectivity index (χ1n) is 4.63. The van der Waals surface area contributed by atoms with Crippen molar-refractivity contribution < 1.29 is 4.79 Å². The topological polar surface area (TPSA) is 17.1 Å². The summed E-state index contributed by atoms with van der Waals surface area (Å²) in [6.45, 7) is 3.67. The van der Waals surface area contributed by atoms with E-state index in [-0.39, 0.29) is 0 Å². The third-order valence-corrected chi connectivity index (χ3v) is 1.74. The summed E-state index contributed by atoms with van der Waals surface area (Å²) < 4.78 is 0. The van der Waals surface area contributed by atoms with Gasteiger partial charge in [-0.15, -0.1) is 6.58 Å². The van der Waals surface area contributed by atoms with Crippen molar-refractivity contribution in [1.29, 1.82) is 0 Å². The Morgan fingerprint density at radius 2 is 1.67 bits per heavy atom. The van der Waals surface area contributed by atoms with Gasteiger partial charge in [-0.25, -0.2) is 0 Å². The molecule has 0 rings (SSSR count). The van der Waals surface area contributed by atoms with E-state index in [0.29, 0.717) is 0 Å². The second kappa shape index (κ2) is 10.2. The molecule has 0 unspecified atom stereocenters. The molecule has 0 heterocycles. The molecule has 0 N–H and O–H groups in total. The van der Waals surface area contributed by atoms with Gasteiger partial charge in [0.25, 0.3) is 0 Å². The molecule has 0 aromatic carbocycles. The SMILES string of the molecule is C=CCCCCCC/C=C/C=O. The van der Waals surface area contributed by atoms with Crippen molar-refractivity contribution in [2.45, 2.75) is 38.5 Å². The number of hydrogen-bond acceptors (Lipinski definition) is 1. The van der Waals surface area contributed by atoms with Crippen LogP contribution in [0.3, 0.4) is 0 Å². The van der Waals surface area contributed by atoms with E-state index < -0.39 is 0 Å². The molecule has 0 aromatic heterocycles. The molecule has 0 aromatic rings. The number of carbonyl (C=O) groups excluding carboxylic acids is 1. The largest absolute Gasteiger partial charge is 0.299 e. The fourth-order valence-electron chi connectivity index (χ4n) is 1.06. The van der Waals surface area contributed by atoms with Crippen molar-refractivity contribution in [2.24, 2.45) is 0 Å². The monoisotopic (exact) mass is 166 g/mol. The Hall–Kier alpha value is -0.850. The van der Waals surface area contributed by atoms with Gasteiger partial charge in [0.2, 0.25) is 0 Å². The van der Waals surface area contributed by atoms with Gasteiger partial charge < -0.3 is 0 Å².